The van der Waals surface area contributed by atoms with E-state index in [9.17, 15) is 0 Å². The van der Waals surface area contributed by atoms with Gasteiger partial charge in [0.2, 0.25) is 11.7 Å². The molecule has 0 bridgehead atoms. The van der Waals surface area contributed by atoms with Crippen LogP contribution in [0.25, 0.3) is 10.7 Å². The predicted molar refractivity (Wildman–Crippen MR) is 75.0 cm³/mol. The second-order valence-corrected chi connectivity index (χ2v) is 5.72. The lowest BCUT2D eigenvalue weighted by atomic mass is 10.1. The van der Waals surface area contributed by atoms with Crippen molar-refractivity contribution in [1.29, 1.82) is 0 Å². The van der Waals surface area contributed by atoms with E-state index in [1.165, 1.54) is 0 Å². The first kappa shape index (κ1) is 12.8. The van der Waals surface area contributed by atoms with Gasteiger partial charge in [0, 0.05) is 19.1 Å². The van der Waals surface area contributed by atoms with Crippen molar-refractivity contribution < 1.29 is 4.52 Å². The zero-order valence-electron chi connectivity index (χ0n) is 11.0. The van der Waals surface area contributed by atoms with Gasteiger partial charge in [-0.1, -0.05) is 18.1 Å². The summed E-state index contributed by atoms with van der Waals surface area (Å²) in [6.45, 7) is 6.14. The summed E-state index contributed by atoms with van der Waals surface area (Å²) >= 11 is 1.63. The first-order valence-corrected chi connectivity index (χ1v) is 7.56. The zero-order valence-corrected chi connectivity index (χ0v) is 11.8. The van der Waals surface area contributed by atoms with Crippen molar-refractivity contribution in [2.24, 2.45) is 0 Å². The fourth-order valence-electron chi connectivity index (χ4n) is 2.21. The van der Waals surface area contributed by atoms with Crippen molar-refractivity contribution in [1.82, 2.24) is 20.4 Å². The molecule has 0 radical (unpaired) electrons. The molecule has 2 aromatic heterocycles. The lowest BCUT2D eigenvalue weighted by molar-refractivity contribution is 0.122. The molecule has 1 aliphatic rings. The van der Waals surface area contributed by atoms with Gasteiger partial charge in [-0.25, -0.2) is 0 Å². The van der Waals surface area contributed by atoms with Gasteiger partial charge in [-0.05, 0) is 24.4 Å². The van der Waals surface area contributed by atoms with Crippen molar-refractivity contribution >= 4 is 11.3 Å². The van der Waals surface area contributed by atoms with E-state index in [1.54, 1.807) is 11.3 Å². The molecule has 6 heteroatoms. The Hall–Kier alpha value is -1.24. The normalized spacial score (nSPS) is 15.9. The van der Waals surface area contributed by atoms with Gasteiger partial charge in [0.1, 0.15) is 0 Å². The van der Waals surface area contributed by atoms with Crippen molar-refractivity contribution in [3.05, 3.63) is 23.4 Å². The third kappa shape index (κ3) is 2.86. The average molecular weight is 278 g/mol. The van der Waals surface area contributed by atoms with Gasteiger partial charge in [-0.15, -0.1) is 11.3 Å². The minimum Gasteiger partial charge on any atom is -0.338 e. The van der Waals surface area contributed by atoms with Gasteiger partial charge in [-0.2, -0.15) is 4.98 Å². The maximum Gasteiger partial charge on any atom is 0.241 e. The van der Waals surface area contributed by atoms with Crippen LogP contribution < -0.4 is 5.32 Å². The summed E-state index contributed by atoms with van der Waals surface area (Å²) in [5.41, 5.74) is 0. The first-order valence-electron chi connectivity index (χ1n) is 6.68. The highest BCUT2D eigenvalue weighted by atomic mass is 32.1. The Morgan fingerprint density at radius 1 is 1.53 bits per heavy atom. The Kier molecular flexibility index (Phi) is 3.91. The second-order valence-electron chi connectivity index (χ2n) is 4.77. The van der Waals surface area contributed by atoms with Crippen LogP contribution in [0, 0.1) is 0 Å². The van der Waals surface area contributed by atoms with Crippen molar-refractivity contribution in [2.45, 2.75) is 25.9 Å². The van der Waals surface area contributed by atoms with E-state index in [-0.39, 0.29) is 0 Å². The van der Waals surface area contributed by atoms with Crippen LogP contribution in [0.3, 0.4) is 0 Å². The number of hydrogen-bond donors (Lipinski definition) is 1. The third-order valence-corrected chi connectivity index (χ3v) is 4.20. The molecule has 2 aromatic rings. The van der Waals surface area contributed by atoms with Gasteiger partial charge in [0.15, 0.2) is 0 Å². The van der Waals surface area contributed by atoms with E-state index >= 15 is 0 Å². The highest BCUT2D eigenvalue weighted by Crippen LogP contribution is 2.22. The molecular formula is C13H18N4OS. The molecule has 1 fully saturated rings. The Morgan fingerprint density at radius 3 is 3.05 bits per heavy atom. The minimum atomic E-state index is 0.608. The molecule has 0 spiro atoms. The lowest BCUT2D eigenvalue weighted by Gasteiger charge is -2.37. The molecule has 0 amide bonds. The summed E-state index contributed by atoms with van der Waals surface area (Å²) in [7, 11) is 0. The van der Waals surface area contributed by atoms with E-state index in [4.69, 9.17) is 4.52 Å². The molecule has 0 aromatic carbocycles. The molecular weight excluding hydrogens is 260 g/mol. The summed E-state index contributed by atoms with van der Waals surface area (Å²) in [5, 5.41) is 9.39. The summed E-state index contributed by atoms with van der Waals surface area (Å²) in [4.78, 5) is 7.96. The molecule has 1 aliphatic heterocycles. The number of rotatable bonds is 6. The van der Waals surface area contributed by atoms with Crippen LogP contribution in [0.1, 0.15) is 19.2 Å². The van der Waals surface area contributed by atoms with E-state index in [0.717, 1.165) is 37.5 Å². The number of thiophene rings is 1. The molecule has 0 saturated carbocycles. The van der Waals surface area contributed by atoms with E-state index in [2.05, 4.69) is 27.3 Å². The Balaban J connectivity index is 1.68. The van der Waals surface area contributed by atoms with Crippen LogP contribution in [0.2, 0.25) is 0 Å². The molecule has 3 heterocycles. The van der Waals surface area contributed by atoms with Crippen molar-refractivity contribution in [2.75, 3.05) is 19.6 Å². The molecule has 0 aliphatic carbocycles. The molecule has 3 rings (SSSR count). The molecule has 1 saturated heterocycles. The fraction of sp³-hybridized carbons (Fsp3) is 0.538. The molecule has 5 nitrogen and oxygen atoms in total. The monoisotopic (exact) mass is 278 g/mol. The van der Waals surface area contributed by atoms with Crippen LogP contribution in [-0.4, -0.2) is 40.7 Å². The summed E-state index contributed by atoms with van der Waals surface area (Å²) in [5.74, 6) is 1.41. The van der Waals surface area contributed by atoms with Gasteiger partial charge in [0.25, 0.3) is 0 Å². The second kappa shape index (κ2) is 5.81. The topological polar surface area (TPSA) is 54.2 Å². The van der Waals surface area contributed by atoms with E-state index < -0.39 is 0 Å². The summed E-state index contributed by atoms with van der Waals surface area (Å²) in [6.07, 6.45) is 1.14. The number of nitrogens with one attached hydrogen (secondary N) is 1. The number of nitrogens with zero attached hydrogens (tertiary/aromatic N) is 3. The maximum atomic E-state index is 5.37. The maximum absolute atomic E-state index is 5.37. The van der Waals surface area contributed by atoms with E-state index in [0.29, 0.717) is 17.8 Å². The minimum absolute atomic E-state index is 0.608. The van der Waals surface area contributed by atoms with Crippen LogP contribution in [0.15, 0.2) is 22.0 Å². The molecule has 0 unspecified atom stereocenters. The number of hydrogen-bond acceptors (Lipinski definition) is 6. The highest BCUT2D eigenvalue weighted by Gasteiger charge is 2.25. The third-order valence-electron chi connectivity index (χ3n) is 3.34. The van der Waals surface area contributed by atoms with Crippen LogP contribution in [0.4, 0.5) is 0 Å². The SMILES string of the molecule is CCCN(Cc1nc(-c2cccs2)no1)C1CNC1. The average Bonchev–Trinajstić information content (AvgIpc) is 2.95. The van der Waals surface area contributed by atoms with Crippen molar-refractivity contribution in [3.8, 4) is 10.7 Å². The van der Waals surface area contributed by atoms with Gasteiger partial charge in [-0.3, -0.25) is 4.90 Å². The van der Waals surface area contributed by atoms with Crippen LogP contribution in [0.5, 0.6) is 0 Å². The predicted octanol–water partition coefficient (Wildman–Crippen LogP) is 1.98. The zero-order chi connectivity index (χ0) is 13.1. The van der Waals surface area contributed by atoms with Crippen molar-refractivity contribution in [3.63, 3.8) is 0 Å². The van der Waals surface area contributed by atoms with Crippen LogP contribution >= 0.6 is 11.3 Å². The lowest BCUT2D eigenvalue weighted by Crippen LogP contribution is -2.57. The Labute approximate surface area is 116 Å². The standard InChI is InChI=1S/C13H18N4OS/c1-2-5-17(10-7-14-8-10)9-12-15-13(16-18-12)11-4-3-6-19-11/h3-4,6,10,14H,2,5,7-9H2,1H3. The summed E-state index contributed by atoms with van der Waals surface area (Å²) in [6, 6.07) is 4.62. The molecule has 0 atom stereocenters. The highest BCUT2D eigenvalue weighted by molar-refractivity contribution is 7.13. The van der Waals surface area contributed by atoms with E-state index in [1.807, 2.05) is 17.5 Å². The van der Waals surface area contributed by atoms with Gasteiger partial charge >= 0.3 is 0 Å². The Bertz CT molecular complexity index is 506. The smallest absolute Gasteiger partial charge is 0.241 e. The van der Waals surface area contributed by atoms with Crippen LogP contribution in [-0.2, 0) is 6.54 Å². The Morgan fingerprint density at radius 2 is 2.42 bits per heavy atom. The van der Waals surface area contributed by atoms with Gasteiger partial charge < -0.3 is 9.84 Å². The first-order chi connectivity index (χ1) is 9.36. The summed E-state index contributed by atoms with van der Waals surface area (Å²) < 4.78 is 5.37. The molecule has 102 valence electrons. The largest absolute Gasteiger partial charge is 0.338 e. The quantitative estimate of drug-likeness (QED) is 0.875. The molecule has 1 N–H and O–H groups in total. The molecule has 19 heavy (non-hydrogen) atoms. The van der Waals surface area contributed by atoms with Gasteiger partial charge in [0.05, 0.1) is 11.4 Å². The fourth-order valence-corrected chi connectivity index (χ4v) is 2.86. The number of aromatic nitrogens is 2.